The molecule has 0 aliphatic heterocycles. The van der Waals surface area contributed by atoms with E-state index in [4.69, 9.17) is 17.3 Å². The van der Waals surface area contributed by atoms with Crippen LogP contribution < -0.4 is 16.4 Å². The highest BCUT2D eigenvalue weighted by Gasteiger charge is 2.07. The lowest BCUT2D eigenvalue weighted by atomic mass is 10.1. The molecule has 2 aromatic rings. The third kappa shape index (κ3) is 3.22. The van der Waals surface area contributed by atoms with E-state index in [1.54, 1.807) is 25.2 Å². The molecule has 0 aliphatic rings. The van der Waals surface area contributed by atoms with Gasteiger partial charge in [0.05, 0.1) is 11.4 Å². The van der Waals surface area contributed by atoms with Crippen molar-refractivity contribution >= 4 is 28.9 Å². The SMILES string of the molecule is CNC(=O)c1ccc(N)c(NCc2ccccc2Cl)c1. The van der Waals surface area contributed by atoms with Crippen molar-refractivity contribution < 1.29 is 4.79 Å². The van der Waals surface area contributed by atoms with Crippen LogP contribution in [-0.4, -0.2) is 13.0 Å². The lowest BCUT2D eigenvalue weighted by molar-refractivity contribution is 0.0963. The van der Waals surface area contributed by atoms with Crippen LogP contribution in [-0.2, 0) is 6.54 Å². The molecule has 0 spiro atoms. The van der Waals surface area contributed by atoms with Crippen molar-refractivity contribution in [2.45, 2.75) is 6.54 Å². The number of nitrogens with two attached hydrogens (primary N) is 1. The lowest BCUT2D eigenvalue weighted by Gasteiger charge is -2.12. The molecule has 0 aliphatic carbocycles. The first kappa shape index (κ1) is 14.2. The van der Waals surface area contributed by atoms with E-state index in [0.717, 1.165) is 5.56 Å². The number of nitrogen functional groups attached to an aromatic ring is 1. The van der Waals surface area contributed by atoms with Crippen molar-refractivity contribution in [2.75, 3.05) is 18.1 Å². The highest BCUT2D eigenvalue weighted by molar-refractivity contribution is 6.31. The zero-order chi connectivity index (χ0) is 14.5. The van der Waals surface area contributed by atoms with Gasteiger partial charge in [0.15, 0.2) is 0 Å². The largest absolute Gasteiger partial charge is 0.397 e. The first-order valence-corrected chi connectivity index (χ1v) is 6.58. The molecule has 2 aromatic carbocycles. The smallest absolute Gasteiger partial charge is 0.251 e. The van der Waals surface area contributed by atoms with Gasteiger partial charge in [-0.25, -0.2) is 0 Å². The second kappa shape index (κ2) is 6.30. The van der Waals surface area contributed by atoms with E-state index in [1.165, 1.54) is 0 Å². The van der Waals surface area contributed by atoms with Gasteiger partial charge in [0.25, 0.3) is 5.91 Å². The van der Waals surface area contributed by atoms with Crippen LogP contribution in [0.2, 0.25) is 5.02 Å². The molecule has 0 unspecified atom stereocenters. The number of rotatable bonds is 4. The van der Waals surface area contributed by atoms with Crippen LogP contribution in [0.4, 0.5) is 11.4 Å². The molecule has 0 aromatic heterocycles. The molecule has 0 saturated heterocycles. The number of benzene rings is 2. The molecule has 4 nitrogen and oxygen atoms in total. The molecular formula is C15H16ClN3O. The van der Waals surface area contributed by atoms with Gasteiger partial charge in [-0.3, -0.25) is 4.79 Å². The molecule has 0 bridgehead atoms. The summed E-state index contributed by atoms with van der Waals surface area (Å²) in [5.74, 6) is -0.147. The van der Waals surface area contributed by atoms with Crippen LogP contribution in [0, 0.1) is 0 Å². The fourth-order valence-corrected chi connectivity index (χ4v) is 2.03. The predicted octanol–water partition coefficient (Wildman–Crippen LogP) is 2.89. The first-order valence-electron chi connectivity index (χ1n) is 6.20. The molecular weight excluding hydrogens is 274 g/mol. The van der Waals surface area contributed by atoms with E-state index in [2.05, 4.69) is 10.6 Å². The summed E-state index contributed by atoms with van der Waals surface area (Å²) in [6, 6.07) is 12.7. The summed E-state index contributed by atoms with van der Waals surface area (Å²) in [6.45, 7) is 0.543. The topological polar surface area (TPSA) is 67.2 Å². The molecule has 0 heterocycles. The summed E-state index contributed by atoms with van der Waals surface area (Å²) < 4.78 is 0. The molecule has 0 saturated carbocycles. The molecule has 0 fully saturated rings. The van der Waals surface area contributed by atoms with Crippen molar-refractivity contribution in [1.82, 2.24) is 5.32 Å². The lowest BCUT2D eigenvalue weighted by Crippen LogP contribution is -2.18. The van der Waals surface area contributed by atoms with Gasteiger partial charge in [0, 0.05) is 24.2 Å². The Morgan fingerprint density at radius 2 is 2.00 bits per heavy atom. The Hall–Kier alpha value is -2.20. The van der Waals surface area contributed by atoms with E-state index in [0.29, 0.717) is 28.5 Å². The van der Waals surface area contributed by atoms with Crippen LogP contribution in [0.15, 0.2) is 42.5 Å². The van der Waals surface area contributed by atoms with Crippen LogP contribution in [0.5, 0.6) is 0 Å². The number of nitrogens with one attached hydrogen (secondary N) is 2. The predicted molar refractivity (Wildman–Crippen MR) is 83.0 cm³/mol. The Bertz CT molecular complexity index is 628. The molecule has 0 radical (unpaired) electrons. The Morgan fingerprint density at radius 1 is 1.25 bits per heavy atom. The van der Waals surface area contributed by atoms with Gasteiger partial charge in [-0.2, -0.15) is 0 Å². The molecule has 104 valence electrons. The summed E-state index contributed by atoms with van der Waals surface area (Å²) in [4.78, 5) is 11.6. The minimum Gasteiger partial charge on any atom is -0.397 e. The van der Waals surface area contributed by atoms with E-state index in [-0.39, 0.29) is 5.91 Å². The van der Waals surface area contributed by atoms with Gasteiger partial charge >= 0.3 is 0 Å². The van der Waals surface area contributed by atoms with Crippen molar-refractivity contribution in [2.24, 2.45) is 0 Å². The average molecular weight is 290 g/mol. The summed E-state index contributed by atoms with van der Waals surface area (Å²) in [7, 11) is 1.59. The molecule has 0 atom stereocenters. The normalized spacial score (nSPS) is 10.1. The Morgan fingerprint density at radius 3 is 2.70 bits per heavy atom. The van der Waals surface area contributed by atoms with E-state index >= 15 is 0 Å². The van der Waals surface area contributed by atoms with Gasteiger partial charge in [0.2, 0.25) is 0 Å². The number of anilines is 2. The third-order valence-electron chi connectivity index (χ3n) is 2.97. The Balaban J connectivity index is 2.17. The summed E-state index contributed by atoms with van der Waals surface area (Å²) >= 11 is 6.10. The number of hydrogen-bond acceptors (Lipinski definition) is 3. The first-order chi connectivity index (χ1) is 9.61. The van der Waals surface area contributed by atoms with E-state index in [1.807, 2.05) is 24.3 Å². The molecule has 1 amide bonds. The third-order valence-corrected chi connectivity index (χ3v) is 3.34. The summed E-state index contributed by atoms with van der Waals surface area (Å²) in [5.41, 5.74) is 8.74. The zero-order valence-electron chi connectivity index (χ0n) is 11.1. The maximum atomic E-state index is 11.6. The maximum Gasteiger partial charge on any atom is 0.251 e. The van der Waals surface area contributed by atoms with Gasteiger partial charge in [-0.1, -0.05) is 29.8 Å². The number of hydrogen-bond donors (Lipinski definition) is 3. The Labute approximate surface area is 122 Å². The zero-order valence-corrected chi connectivity index (χ0v) is 11.9. The monoisotopic (exact) mass is 289 g/mol. The van der Waals surface area contributed by atoms with Gasteiger partial charge in [-0.05, 0) is 29.8 Å². The highest BCUT2D eigenvalue weighted by Crippen LogP contribution is 2.22. The maximum absolute atomic E-state index is 11.6. The fraction of sp³-hybridized carbons (Fsp3) is 0.133. The summed E-state index contributed by atoms with van der Waals surface area (Å²) in [5, 5.41) is 6.48. The highest BCUT2D eigenvalue weighted by atomic mass is 35.5. The van der Waals surface area contributed by atoms with Crippen molar-refractivity contribution in [1.29, 1.82) is 0 Å². The quantitative estimate of drug-likeness (QED) is 0.758. The molecule has 2 rings (SSSR count). The number of amides is 1. The summed E-state index contributed by atoms with van der Waals surface area (Å²) in [6.07, 6.45) is 0. The van der Waals surface area contributed by atoms with Crippen molar-refractivity contribution in [3.05, 3.63) is 58.6 Å². The Kier molecular flexibility index (Phi) is 4.48. The van der Waals surface area contributed by atoms with E-state index < -0.39 is 0 Å². The minimum atomic E-state index is -0.147. The van der Waals surface area contributed by atoms with Gasteiger partial charge in [-0.15, -0.1) is 0 Å². The number of carbonyl (C=O) groups is 1. The van der Waals surface area contributed by atoms with Crippen LogP contribution in [0.3, 0.4) is 0 Å². The van der Waals surface area contributed by atoms with Gasteiger partial charge in [0.1, 0.15) is 0 Å². The number of carbonyl (C=O) groups excluding carboxylic acids is 1. The van der Waals surface area contributed by atoms with Crippen molar-refractivity contribution in [3.8, 4) is 0 Å². The number of halogens is 1. The van der Waals surface area contributed by atoms with Crippen LogP contribution in [0.25, 0.3) is 0 Å². The fourth-order valence-electron chi connectivity index (χ4n) is 1.83. The average Bonchev–Trinajstić information content (AvgIpc) is 2.47. The minimum absolute atomic E-state index is 0.147. The van der Waals surface area contributed by atoms with Crippen molar-refractivity contribution in [3.63, 3.8) is 0 Å². The molecule has 4 N–H and O–H groups in total. The molecule has 5 heteroatoms. The second-order valence-corrected chi connectivity index (χ2v) is 4.73. The van der Waals surface area contributed by atoms with E-state index in [9.17, 15) is 4.79 Å². The second-order valence-electron chi connectivity index (χ2n) is 4.33. The van der Waals surface area contributed by atoms with Crippen LogP contribution >= 0.6 is 11.6 Å². The molecule has 20 heavy (non-hydrogen) atoms. The standard InChI is InChI=1S/C15H16ClN3O/c1-18-15(20)10-6-7-13(17)14(8-10)19-9-11-4-2-3-5-12(11)16/h2-8,19H,9,17H2,1H3,(H,18,20). The van der Waals surface area contributed by atoms with Gasteiger partial charge < -0.3 is 16.4 Å². The van der Waals surface area contributed by atoms with Crippen LogP contribution in [0.1, 0.15) is 15.9 Å².